The molecule has 0 aromatic carbocycles. The molecule has 1 fully saturated rings. The average molecular weight is 340 g/mol. The van der Waals surface area contributed by atoms with Crippen LogP contribution in [0.5, 0.6) is 0 Å². The van der Waals surface area contributed by atoms with Gasteiger partial charge in [0.05, 0.1) is 6.10 Å². The van der Waals surface area contributed by atoms with Crippen molar-refractivity contribution in [3.8, 4) is 0 Å². The third-order valence-corrected chi connectivity index (χ3v) is 5.05. The van der Waals surface area contributed by atoms with Crippen molar-refractivity contribution >= 4 is 17.4 Å². The lowest BCUT2D eigenvalue weighted by Crippen LogP contribution is -2.46. The number of piperidine rings is 1. The Hall–Kier alpha value is -1.07. The van der Waals surface area contributed by atoms with Gasteiger partial charge >= 0.3 is 6.09 Å². The van der Waals surface area contributed by atoms with E-state index in [0.717, 1.165) is 25.8 Å². The number of amides is 1. The fourth-order valence-corrected chi connectivity index (χ4v) is 3.58. The molecule has 4 nitrogen and oxygen atoms in total. The van der Waals surface area contributed by atoms with Gasteiger partial charge in [-0.25, -0.2) is 4.79 Å². The van der Waals surface area contributed by atoms with E-state index in [9.17, 15) is 4.79 Å². The van der Waals surface area contributed by atoms with Gasteiger partial charge in [-0.3, -0.25) is 0 Å². The molecule has 0 saturated carbocycles. The van der Waals surface area contributed by atoms with Crippen LogP contribution in [0.4, 0.5) is 4.79 Å². The van der Waals surface area contributed by atoms with E-state index < -0.39 is 5.60 Å². The highest BCUT2D eigenvalue weighted by Gasteiger charge is 2.30. The lowest BCUT2D eigenvalue weighted by molar-refractivity contribution is 0.0000427. The van der Waals surface area contributed by atoms with E-state index in [1.165, 1.54) is 11.3 Å². The van der Waals surface area contributed by atoms with Gasteiger partial charge in [-0.1, -0.05) is 6.07 Å². The van der Waals surface area contributed by atoms with Crippen LogP contribution in [0.15, 0.2) is 17.5 Å². The molecule has 0 spiro atoms. The third-order valence-electron chi connectivity index (χ3n) is 4.02. The Morgan fingerprint density at radius 1 is 1.43 bits per heavy atom. The Morgan fingerprint density at radius 3 is 2.87 bits per heavy atom. The van der Waals surface area contributed by atoms with Crippen molar-refractivity contribution in [1.82, 2.24) is 4.90 Å². The maximum absolute atomic E-state index is 12.4. The fraction of sp³-hybridized carbons (Fsp3) is 0.722. The normalized spacial score (nSPS) is 20.3. The maximum atomic E-state index is 12.4. The van der Waals surface area contributed by atoms with Gasteiger partial charge < -0.3 is 14.4 Å². The summed E-state index contributed by atoms with van der Waals surface area (Å²) >= 11 is 1.72. The van der Waals surface area contributed by atoms with Crippen molar-refractivity contribution in [2.75, 3.05) is 13.2 Å². The molecular formula is C18H29NO3S. The second-order valence-corrected chi connectivity index (χ2v) is 8.12. The summed E-state index contributed by atoms with van der Waals surface area (Å²) in [5, 5.41) is 2.07. The summed E-state index contributed by atoms with van der Waals surface area (Å²) in [5.41, 5.74) is -0.441. The van der Waals surface area contributed by atoms with Crippen LogP contribution in [-0.4, -0.2) is 35.8 Å². The van der Waals surface area contributed by atoms with E-state index in [-0.39, 0.29) is 18.2 Å². The first kappa shape index (κ1) is 18.3. The first-order valence-electron chi connectivity index (χ1n) is 8.51. The van der Waals surface area contributed by atoms with E-state index in [2.05, 4.69) is 18.4 Å². The SMILES string of the molecule is C[C@H](OCC[C@@H]1CCCCN1C(=O)OC(C)(C)C)c1cccs1. The van der Waals surface area contributed by atoms with Crippen molar-refractivity contribution in [1.29, 1.82) is 0 Å². The van der Waals surface area contributed by atoms with Gasteiger partial charge in [0.2, 0.25) is 0 Å². The number of likely N-dealkylation sites (tertiary alicyclic amines) is 1. The van der Waals surface area contributed by atoms with Crippen LogP contribution >= 0.6 is 11.3 Å². The first-order valence-corrected chi connectivity index (χ1v) is 9.39. The molecule has 1 aliphatic heterocycles. The summed E-state index contributed by atoms with van der Waals surface area (Å²) in [7, 11) is 0. The van der Waals surface area contributed by atoms with Crippen molar-refractivity contribution in [3.63, 3.8) is 0 Å². The minimum atomic E-state index is -0.441. The lowest BCUT2D eigenvalue weighted by Gasteiger charge is -2.37. The number of nitrogens with zero attached hydrogens (tertiary/aromatic N) is 1. The van der Waals surface area contributed by atoms with Crippen molar-refractivity contribution in [3.05, 3.63) is 22.4 Å². The Bertz CT molecular complexity index is 481. The predicted octanol–water partition coefficient (Wildman–Crippen LogP) is 5.01. The highest BCUT2D eigenvalue weighted by atomic mass is 32.1. The molecular weight excluding hydrogens is 310 g/mol. The number of ether oxygens (including phenoxy) is 2. The number of carbonyl (C=O) groups is 1. The van der Waals surface area contributed by atoms with Gasteiger partial charge in [0, 0.05) is 24.1 Å². The average Bonchev–Trinajstić information content (AvgIpc) is 3.00. The fourth-order valence-electron chi connectivity index (χ4n) is 2.85. The van der Waals surface area contributed by atoms with Crippen molar-refractivity contribution in [2.45, 2.75) is 71.1 Å². The van der Waals surface area contributed by atoms with Gasteiger partial charge in [0.1, 0.15) is 5.60 Å². The van der Waals surface area contributed by atoms with Crippen LogP contribution in [-0.2, 0) is 9.47 Å². The number of hydrogen-bond acceptors (Lipinski definition) is 4. The number of carbonyl (C=O) groups excluding carboxylic acids is 1. The smallest absolute Gasteiger partial charge is 0.410 e. The van der Waals surface area contributed by atoms with Crippen LogP contribution < -0.4 is 0 Å². The zero-order valence-electron chi connectivity index (χ0n) is 14.7. The van der Waals surface area contributed by atoms with Gasteiger partial charge in [-0.2, -0.15) is 0 Å². The topological polar surface area (TPSA) is 38.8 Å². The summed E-state index contributed by atoms with van der Waals surface area (Å²) in [6.45, 7) is 9.28. The molecule has 23 heavy (non-hydrogen) atoms. The van der Waals surface area contributed by atoms with Crippen LogP contribution in [0.1, 0.15) is 64.4 Å². The van der Waals surface area contributed by atoms with E-state index in [0.29, 0.717) is 6.61 Å². The van der Waals surface area contributed by atoms with Crippen molar-refractivity contribution in [2.24, 2.45) is 0 Å². The van der Waals surface area contributed by atoms with E-state index in [4.69, 9.17) is 9.47 Å². The third kappa shape index (κ3) is 5.81. The van der Waals surface area contributed by atoms with Gasteiger partial charge in [-0.15, -0.1) is 11.3 Å². The second kappa shape index (κ2) is 8.15. The number of thiophene rings is 1. The molecule has 0 bridgehead atoms. The van der Waals surface area contributed by atoms with Gasteiger partial charge in [-0.05, 0) is 64.8 Å². The van der Waals surface area contributed by atoms with Crippen LogP contribution in [0.3, 0.4) is 0 Å². The summed E-state index contributed by atoms with van der Waals surface area (Å²) < 4.78 is 11.5. The van der Waals surface area contributed by atoms with Crippen molar-refractivity contribution < 1.29 is 14.3 Å². The van der Waals surface area contributed by atoms with Gasteiger partial charge in [0.25, 0.3) is 0 Å². The lowest BCUT2D eigenvalue weighted by atomic mass is 10.0. The van der Waals surface area contributed by atoms with Crippen LogP contribution in [0, 0.1) is 0 Å². The standard InChI is InChI=1S/C18H29NO3S/c1-14(16-9-7-13-23-16)21-12-10-15-8-5-6-11-19(15)17(20)22-18(2,3)4/h7,9,13-15H,5-6,8,10-12H2,1-4H3/t14-,15-/m0/s1. The molecule has 1 amide bonds. The molecule has 130 valence electrons. The highest BCUT2D eigenvalue weighted by Crippen LogP contribution is 2.25. The monoisotopic (exact) mass is 339 g/mol. The molecule has 0 radical (unpaired) electrons. The molecule has 2 atom stereocenters. The largest absolute Gasteiger partial charge is 0.444 e. The molecule has 2 rings (SSSR count). The van der Waals surface area contributed by atoms with E-state index in [1.807, 2.05) is 31.7 Å². The Balaban J connectivity index is 1.82. The zero-order chi connectivity index (χ0) is 16.9. The minimum Gasteiger partial charge on any atom is -0.444 e. The molecule has 0 N–H and O–H groups in total. The van der Waals surface area contributed by atoms with Crippen LogP contribution in [0.25, 0.3) is 0 Å². The van der Waals surface area contributed by atoms with Crippen LogP contribution in [0.2, 0.25) is 0 Å². The quantitative estimate of drug-likeness (QED) is 0.757. The molecule has 5 heteroatoms. The number of hydrogen-bond donors (Lipinski definition) is 0. The minimum absolute atomic E-state index is 0.119. The zero-order valence-corrected chi connectivity index (χ0v) is 15.5. The Kier molecular flexibility index (Phi) is 6.48. The molecule has 1 aromatic rings. The summed E-state index contributed by atoms with van der Waals surface area (Å²) in [6, 6.07) is 4.38. The summed E-state index contributed by atoms with van der Waals surface area (Å²) in [5.74, 6) is 0. The molecule has 0 aliphatic carbocycles. The van der Waals surface area contributed by atoms with E-state index in [1.54, 1.807) is 11.3 Å². The Morgan fingerprint density at radius 2 is 2.22 bits per heavy atom. The highest BCUT2D eigenvalue weighted by molar-refractivity contribution is 7.10. The molecule has 1 saturated heterocycles. The van der Waals surface area contributed by atoms with E-state index >= 15 is 0 Å². The molecule has 0 unspecified atom stereocenters. The van der Waals surface area contributed by atoms with Gasteiger partial charge in [0.15, 0.2) is 0 Å². The summed E-state index contributed by atoms with van der Waals surface area (Å²) in [6.07, 6.45) is 4.07. The second-order valence-electron chi connectivity index (χ2n) is 7.14. The summed E-state index contributed by atoms with van der Waals surface area (Å²) in [4.78, 5) is 15.5. The molecule has 1 aliphatic rings. The Labute approximate surface area is 143 Å². The predicted molar refractivity (Wildman–Crippen MR) is 93.9 cm³/mol. The first-order chi connectivity index (χ1) is 10.9. The molecule has 2 heterocycles. The molecule has 1 aromatic heterocycles. The maximum Gasteiger partial charge on any atom is 0.410 e. The number of rotatable bonds is 5.